The first-order valence-corrected chi connectivity index (χ1v) is 37.1. The molecule has 33 heteroatoms. The molecule has 0 amide bonds. The van der Waals surface area contributed by atoms with Crippen LogP contribution < -0.4 is 33.9 Å². The molecular formula is C86H71F3N18O12. The molecule has 10 aromatic carbocycles. The fraction of sp³-hybridized carbons (Fsp3) is 0.163. The van der Waals surface area contributed by atoms with Crippen LogP contribution in [-0.2, 0) is 58.6 Å². The highest BCUT2D eigenvalue weighted by atomic mass is 19.1. The zero-order valence-corrected chi connectivity index (χ0v) is 63.7. The molecule has 0 aliphatic carbocycles. The molecule has 30 nitrogen and oxygen atoms in total. The first kappa shape index (κ1) is 79.0. The van der Waals surface area contributed by atoms with Crippen LogP contribution in [0.1, 0.15) is 74.9 Å². The lowest BCUT2D eigenvalue weighted by Crippen LogP contribution is -2.23. The van der Waals surface area contributed by atoms with Crippen LogP contribution in [0.4, 0.5) is 13.2 Å². The van der Waals surface area contributed by atoms with Gasteiger partial charge < -0.3 is 36.8 Å². The van der Waals surface area contributed by atoms with Crippen molar-refractivity contribution in [1.29, 1.82) is 0 Å². The number of aromatic nitrogens is 18. The predicted octanol–water partition coefficient (Wildman–Crippen LogP) is 11.6. The molecule has 1 saturated heterocycles. The van der Waals surface area contributed by atoms with Gasteiger partial charge in [-0.15, -0.1) is 15.3 Å². The standard InChI is InChI=1S/2C21H17FN6O3.C12H11FO.C12H10O.C11H8O.C9H8N6O3/c2*1-26-11-23-19-18(26)20(29)27(12-24-19)10-17-25-28(21(30)31-17)9-16(22)15-7-6-13-4-2-3-5-14(13)8-15;13-12(8-14)11-6-5-9-3-1-2-4-10(9)7-11;1-2-4-10-7-11(12-8-13-12)6-5-9(10)3-1;12-8-9-5-6-10-3-1-2-4-11(10)7-9;1-14-3-10-7-6(14)8(16)15(4-11-7)2-5-12-13-9(17)18-5/h2*2-8,11-12,16H,9-10H2,1H3;1-7,12,14H,8H2;1-7,12H,8H2;1-8H;3-4H,2H2,1H3,(H,13,17)/t2*16-;;;;/m10..../s1. The molecule has 0 radical (unpaired) electrons. The van der Waals surface area contributed by atoms with Crippen LogP contribution in [0.15, 0.2) is 292 Å². The molecule has 10 heterocycles. The van der Waals surface area contributed by atoms with Crippen molar-refractivity contribution in [3.05, 3.63) is 358 Å². The minimum atomic E-state index is -1.45. The first-order chi connectivity index (χ1) is 57.8. The van der Waals surface area contributed by atoms with Crippen molar-refractivity contribution in [2.45, 2.75) is 57.3 Å². The number of carbonyl (C=O) groups excluding carboxylic acids is 1. The second-order valence-electron chi connectivity index (χ2n) is 27.6. The number of aliphatic hydroxyl groups excluding tert-OH is 1. The van der Waals surface area contributed by atoms with Gasteiger partial charge in [0.15, 0.2) is 33.5 Å². The number of carbonyl (C=O) groups is 1. The van der Waals surface area contributed by atoms with Gasteiger partial charge in [-0.05, 0) is 106 Å². The molecule has 598 valence electrons. The Bertz CT molecular complexity index is 7060. The molecule has 2 N–H and O–H groups in total. The molecule has 20 rings (SSSR count). The average molecular weight is 1610 g/mol. The summed E-state index contributed by atoms with van der Waals surface area (Å²) in [6, 6.07) is 67.6. The molecule has 0 saturated carbocycles. The van der Waals surface area contributed by atoms with Gasteiger partial charge in [-0.3, -0.25) is 32.9 Å². The van der Waals surface area contributed by atoms with Crippen LogP contribution in [0.3, 0.4) is 0 Å². The summed E-state index contributed by atoms with van der Waals surface area (Å²) in [6.45, 7) is -0.351. The van der Waals surface area contributed by atoms with E-state index in [0.29, 0.717) is 56.3 Å². The monoisotopic (exact) mass is 1600 g/mol. The minimum Gasteiger partial charge on any atom is -0.393 e. The molecule has 1 aliphatic heterocycles. The van der Waals surface area contributed by atoms with Gasteiger partial charge >= 0.3 is 17.3 Å². The van der Waals surface area contributed by atoms with Crippen molar-refractivity contribution in [2.24, 2.45) is 21.1 Å². The maximum atomic E-state index is 14.9. The molecule has 0 spiro atoms. The first-order valence-electron chi connectivity index (χ1n) is 37.1. The van der Waals surface area contributed by atoms with E-state index >= 15 is 0 Å². The molecular weight excluding hydrogens is 1530 g/mol. The molecule has 4 atom stereocenters. The number of ether oxygens (including phenoxy) is 1. The number of aromatic amines is 1. The summed E-state index contributed by atoms with van der Waals surface area (Å²) in [6.07, 6.45) is 5.51. The van der Waals surface area contributed by atoms with Gasteiger partial charge in [0.2, 0.25) is 17.7 Å². The van der Waals surface area contributed by atoms with Gasteiger partial charge in [0, 0.05) is 26.7 Å². The fourth-order valence-corrected chi connectivity index (χ4v) is 13.1. The third-order valence-electron chi connectivity index (χ3n) is 19.4. The number of aliphatic hydroxyl groups is 1. The van der Waals surface area contributed by atoms with Crippen LogP contribution in [0.25, 0.3) is 87.4 Å². The summed E-state index contributed by atoms with van der Waals surface area (Å²) in [5.74, 6) is -2.15. The summed E-state index contributed by atoms with van der Waals surface area (Å²) in [7, 11) is 5.08. The van der Waals surface area contributed by atoms with E-state index in [0.717, 1.165) is 65.5 Å². The van der Waals surface area contributed by atoms with E-state index in [9.17, 15) is 46.7 Å². The van der Waals surface area contributed by atoms with E-state index in [4.69, 9.17) is 23.1 Å². The van der Waals surface area contributed by atoms with Gasteiger partial charge in [-0.2, -0.15) is 9.36 Å². The zero-order valence-electron chi connectivity index (χ0n) is 63.7. The Balaban J connectivity index is 0.000000116. The van der Waals surface area contributed by atoms with E-state index in [-0.39, 0.29) is 67.1 Å². The van der Waals surface area contributed by atoms with E-state index < -0.39 is 42.4 Å². The number of epoxide rings is 1. The number of benzene rings is 10. The number of aldehydes is 1. The Kier molecular flexibility index (Phi) is 23.4. The highest BCUT2D eigenvalue weighted by Crippen LogP contribution is 2.32. The Morgan fingerprint density at radius 3 is 1.12 bits per heavy atom. The molecule has 1 aliphatic rings. The van der Waals surface area contributed by atoms with E-state index in [1.165, 1.54) is 73.4 Å². The number of nitrogens with zero attached hydrogens (tertiary/aromatic N) is 17. The van der Waals surface area contributed by atoms with Gasteiger partial charge in [0.25, 0.3) is 16.7 Å². The molecule has 119 heavy (non-hydrogen) atoms. The topological polar surface area (TPSA) is 363 Å². The van der Waals surface area contributed by atoms with Crippen molar-refractivity contribution >= 4 is 93.6 Å². The molecule has 1 fully saturated rings. The number of halogens is 3. The lowest BCUT2D eigenvalue weighted by Gasteiger charge is -2.09. The Labute approximate surface area is 668 Å². The maximum Gasteiger partial charge on any atom is 0.437 e. The van der Waals surface area contributed by atoms with Crippen LogP contribution in [-0.4, -0.2) is 112 Å². The molecule has 0 bridgehead atoms. The molecule has 2 unspecified atom stereocenters. The molecule has 9 aromatic heterocycles. The summed E-state index contributed by atoms with van der Waals surface area (Å²) < 4.78 is 73.5. The van der Waals surface area contributed by atoms with Crippen molar-refractivity contribution in [2.75, 3.05) is 13.2 Å². The van der Waals surface area contributed by atoms with Crippen LogP contribution in [0, 0.1) is 0 Å². The van der Waals surface area contributed by atoms with Gasteiger partial charge in [0.05, 0.1) is 45.3 Å². The summed E-state index contributed by atoms with van der Waals surface area (Å²) in [5, 5.41) is 33.3. The number of aryl methyl sites for hydroxylation is 3. The average Bonchev–Trinajstić information content (AvgIpc) is 1.67. The van der Waals surface area contributed by atoms with Crippen molar-refractivity contribution in [1.82, 2.24) is 87.1 Å². The summed E-state index contributed by atoms with van der Waals surface area (Å²) in [5.41, 5.74) is 4.55. The highest BCUT2D eigenvalue weighted by molar-refractivity contribution is 5.89. The summed E-state index contributed by atoms with van der Waals surface area (Å²) in [4.78, 5) is 107. The van der Waals surface area contributed by atoms with Gasteiger partial charge in [-0.25, -0.2) is 62.6 Å². The lowest BCUT2D eigenvalue weighted by atomic mass is 10.0. The Hall–Kier alpha value is -15.3. The van der Waals surface area contributed by atoms with E-state index in [2.05, 4.69) is 92.8 Å². The number of nitrogens with one attached hydrogen (secondary N) is 1. The van der Waals surface area contributed by atoms with Crippen molar-refractivity contribution in [3.8, 4) is 0 Å². The van der Waals surface area contributed by atoms with Crippen LogP contribution in [0.2, 0.25) is 0 Å². The smallest absolute Gasteiger partial charge is 0.393 e. The van der Waals surface area contributed by atoms with Crippen molar-refractivity contribution < 1.29 is 41.1 Å². The van der Waals surface area contributed by atoms with Gasteiger partial charge in [0.1, 0.15) is 69.5 Å². The number of fused-ring (bicyclic) bond motifs is 8. The molecule has 19 aromatic rings. The number of H-pyrrole nitrogens is 1. The number of alkyl halides is 3. The largest absolute Gasteiger partial charge is 0.437 e. The van der Waals surface area contributed by atoms with E-state index in [1.807, 2.05) is 133 Å². The number of rotatable bonds is 16. The normalized spacial score (nSPS) is 13.0. The number of imidazole rings is 3. The number of hydrogen-bond acceptors (Lipinski definition) is 21. The van der Waals surface area contributed by atoms with Crippen LogP contribution >= 0.6 is 0 Å². The maximum absolute atomic E-state index is 14.9. The third kappa shape index (κ3) is 18.3. The summed E-state index contributed by atoms with van der Waals surface area (Å²) >= 11 is 0. The number of hydrogen-bond donors (Lipinski definition) is 2. The van der Waals surface area contributed by atoms with Gasteiger partial charge in [-0.1, -0.05) is 182 Å². The third-order valence-corrected chi connectivity index (χ3v) is 19.4. The minimum absolute atomic E-state index is 0.0128. The lowest BCUT2D eigenvalue weighted by molar-refractivity contribution is 0.112. The SMILES string of the molecule is Cn1cnc2ncn(Cc3n[nH]c(=O)o3)c(=O)c21.Cn1cnc2ncn(Cc3nn(C[C@@H](F)c4ccc5ccccc5c4)c(=O)o3)c(=O)c21.Cn1cnc2ncn(Cc3nn(C[C@H](F)c4ccc5ccccc5c4)c(=O)o3)c(=O)c21.O=Cc1ccc2ccccc2c1.OCC(F)c1ccc2ccccc2c1.c1ccc2cc(C3CO3)ccc2c1. The van der Waals surface area contributed by atoms with Crippen LogP contribution in [0.5, 0.6) is 0 Å². The Morgan fingerprint density at radius 1 is 0.420 bits per heavy atom. The Morgan fingerprint density at radius 2 is 0.756 bits per heavy atom. The highest BCUT2D eigenvalue weighted by Gasteiger charge is 2.25. The predicted molar refractivity (Wildman–Crippen MR) is 437 cm³/mol. The zero-order chi connectivity index (χ0) is 82.8. The van der Waals surface area contributed by atoms with Crippen molar-refractivity contribution in [3.63, 3.8) is 0 Å². The fourth-order valence-electron chi connectivity index (χ4n) is 13.1. The second kappa shape index (κ2) is 35.2. The second-order valence-corrected chi connectivity index (χ2v) is 27.6. The quantitative estimate of drug-likeness (QED) is 0.0670. The van der Waals surface area contributed by atoms with E-state index in [1.54, 1.807) is 71.2 Å².